The van der Waals surface area contributed by atoms with Gasteiger partial charge >= 0.3 is 0 Å². The summed E-state index contributed by atoms with van der Waals surface area (Å²) < 4.78 is 11.8. The first-order valence-corrected chi connectivity index (χ1v) is 15.0. The van der Waals surface area contributed by atoms with Crippen LogP contribution in [-0.2, 0) is 6.42 Å². The smallest absolute Gasteiger partial charge is 0.163 e. The van der Waals surface area contributed by atoms with E-state index >= 15 is 0 Å². The summed E-state index contributed by atoms with van der Waals surface area (Å²) in [7, 11) is 0.909. The average molecular weight is 501 g/mol. The van der Waals surface area contributed by atoms with Gasteiger partial charge in [-0.1, -0.05) is 96.1 Å². The van der Waals surface area contributed by atoms with Crippen LogP contribution in [0, 0.1) is 13.8 Å². The molecule has 184 valence electrons. The maximum Gasteiger partial charge on any atom is 0.163 e. The summed E-state index contributed by atoms with van der Waals surface area (Å²) in [5.74, 6) is 1.89. The van der Waals surface area contributed by atoms with Crippen molar-refractivity contribution in [3.8, 4) is 22.6 Å². The molecule has 0 atom stereocenters. The SMILES string of the molecule is COc1ccc2c(c1)Cc1c-2ccc(OC)c1[Si](c1ccc(C)cc1)(c1ccc(C)cc1)C1C=CC=C1. The van der Waals surface area contributed by atoms with Crippen LogP contribution in [0.1, 0.15) is 22.3 Å². The number of benzene rings is 4. The van der Waals surface area contributed by atoms with Crippen molar-refractivity contribution in [1.82, 2.24) is 0 Å². The van der Waals surface area contributed by atoms with Gasteiger partial charge in [0.1, 0.15) is 11.5 Å². The molecule has 0 bridgehead atoms. The van der Waals surface area contributed by atoms with Gasteiger partial charge in [-0.2, -0.15) is 0 Å². The Morgan fingerprint density at radius 2 is 1.27 bits per heavy atom. The van der Waals surface area contributed by atoms with E-state index in [1.54, 1.807) is 7.11 Å². The van der Waals surface area contributed by atoms with Crippen LogP contribution in [0.15, 0.2) is 103 Å². The third-order valence-electron chi connectivity index (χ3n) is 8.12. The minimum Gasteiger partial charge on any atom is -0.497 e. The third-order valence-corrected chi connectivity index (χ3v) is 13.3. The fourth-order valence-corrected chi connectivity index (χ4v) is 11.8. The number of allylic oxidation sites excluding steroid dienone is 4. The van der Waals surface area contributed by atoms with Gasteiger partial charge in [-0.15, -0.1) is 0 Å². The zero-order valence-electron chi connectivity index (χ0n) is 21.9. The molecule has 37 heavy (non-hydrogen) atoms. The van der Waals surface area contributed by atoms with Crippen molar-refractivity contribution < 1.29 is 9.47 Å². The van der Waals surface area contributed by atoms with E-state index in [1.807, 2.05) is 7.11 Å². The number of hydrogen-bond acceptors (Lipinski definition) is 2. The first-order valence-electron chi connectivity index (χ1n) is 12.9. The summed E-state index contributed by atoms with van der Waals surface area (Å²) in [5, 5.41) is 4.20. The highest BCUT2D eigenvalue weighted by atomic mass is 28.3. The fraction of sp³-hybridized carbons (Fsp3) is 0.176. The third kappa shape index (κ3) is 3.68. The Bertz CT molecular complexity index is 1470. The van der Waals surface area contributed by atoms with Gasteiger partial charge in [-0.25, -0.2) is 0 Å². The van der Waals surface area contributed by atoms with Crippen molar-refractivity contribution in [1.29, 1.82) is 0 Å². The number of fused-ring (bicyclic) bond motifs is 3. The Kier molecular flexibility index (Phi) is 5.89. The van der Waals surface area contributed by atoms with Crippen LogP contribution in [0.5, 0.6) is 11.5 Å². The highest BCUT2D eigenvalue weighted by Crippen LogP contribution is 2.42. The molecule has 2 aliphatic carbocycles. The molecule has 4 aromatic rings. The van der Waals surface area contributed by atoms with E-state index in [0.717, 1.165) is 17.9 Å². The molecule has 6 rings (SSSR count). The van der Waals surface area contributed by atoms with Gasteiger partial charge in [0, 0.05) is 5.54 Å². The number of ether oxygens (including phenoxy) is 2. The van der Waals surface area contributed by atoms with E-state index in [-0.39, 0.29) is 5.54 Å². The zero-order chi connectivity index (χ0) is 25.6. The number of methoxy groups -OCH3 is 2. The van der Waals surface area contributed by atoms with Crippen LogP contribution in [0.4, 0.5) is 0 Å². The molecule has 0 heterocycles. The standard InChI is InChI=1S/C34H32O2Si/c1-23-9-14-28(15-10-23)37(27-7-5-6-8-27,29-16-11-24(2)12-17-29)34-32-22-25-21-26(35-3)13-18-30(25)31(32)19-20-33(34)36-4/h5-21,27H,22H2,1-4H3. The van der Waals surface area contributed by atoms with Gasteiger partial charge in [0.15, 0.2) is 8.07 Å². The normalized spacial score (nSPS) is 14.1. The van der Waals surface area contributed by atoms with E-state index in [9.17, 15) is 0 Å². The summed E-state index contributed by atoms with van der Waals surface area (Å²) in [4.78, 5) is 0. The Labute approximate surface area is 220 Å². The molecule has 0 radical (unpaired) electrons. The number of aryl methyl sites for hydroxylation is 2. The number of rotatable bonds is 6. The van der Waals surface area contributed by atoms with Crippen molar-refractivity contribution in [3.05, 3.63) is 125 Å². The summed E-state index contributed by atoms with van der Waals surface area (Å²) >= 11 is 0. The average Bonchev–Trinajstić information content (AvgIpc) is 3.59. The molecule has 2 nitrogen and oxygen atoms in total. The van der Waals surface area contributed by atoms with Crippen molar-refractivity contribution >= 4 is 23.6 Å². The highest BCUT2D eigenvalue weighted by Gasteiger charge is 2.49. The first kappa shape index (κ1) is 23.6. The maximum atomic E-state index is 6.23. The Morgan fingerprint density at radius 3 is 1.84 bits per heavy atom. The molecule has 0 saturated heterocycles. The molecule has 0 amide bonds. The van der Waals surface area contributed by atoms with E-state index in [0.29, 0.717) is 0 Å². The van der Waals surface area contributed by atoms with Crippen LogP contribution in [0.25, 0.3) is 11.1 Å². The second-order valence-corrected chi connectivity index (χ2v) is 14.1. The lowest BCUT2D eigenvalue weighted by molar-refractivity contribution is 0.414. The summed E-state index contributed by atoms with van der Waals surface area (Å²) in [6.45, 7) is 4.33. The van der Waals surface area contributed by atoms with Crippen LogP contribution in [-0.4, -0.2) is 22.3 Å². The minimum atomic E-state index is -2.65. The molecule has 0 aliphatic heterocycles. The summed E-state index contributed by atoms with van der Waals surface area (Å²) in [6, 6.07) is 29.5. The van der Waals surface area contributed by atoms with E-state index in [1.165, 1.54) is 48.9 Å². The van der Waals surface area contributed by atoms with Crippen LogP contribution < -0.4 is 25.0 Å². The highest BCUT2D eigenvalue weighted by molar-refractivity contribution is 7.13. The molecule has 3 heteroatoms. The predicted octanol–water partition coefficient (Wildman–Crippen LogP) is 5.86. The lowest BCUT2D eigenvalue weighted by atomic mass is 10.1. The van der Waals surface area contributed by atoms with Gasteiger partial charge in [-0.05, 0) is 76.3 Å². The Hall–Kier alpha value is -3.82. The minimum absolute atomic E-state index is 0.275. The molecular weight excluding hydrogens is 468 g/mol. The van der Waals surface area contributed by atoms with Crippen LogP contribution >= 0.6 is 0 Å². The summed E-state index contributed by atoms with van der Waals surface area (Å²) in [5.41, 5.74) is 8.15. The van der Waals surface area contributed by atoms with Crippen molar-refractivity contribution in [2.45, 2.75) is 25.8 Å². The van der Waals surface area contributed by atoms with Crippen molar-refractivity contribution in [3.63, 3.8) is 0 Å². The Balaban J connectivity index is 1.73. The van der Waals surface area contributed by atoms with E-state index < -0.39 is 8.07 Å². The predicted molar refractivity (Wildman–Crippen MR) is 157 cm³/mol. The quantitative estimate of drug-likeness (QED) is 0.215. The van der Waals surface area contributed by atoms with Gasteiger partial charge in [-0.3, -0.25) is 0 Å². The van der Waals surface area contributed by atoms with Gasteiger partial charge < -0.3 is 9.47 Å². The molecule has 0 unspecified atom stereocenters. The maximum absolute atomic E-state index is 6.23. The zero-order valence-corrected chi connectivity index (χ0v) is 22.9. The van der Waals surface area contributed by atoms with E-state index in [4.69, 9.17) is 9.47 Å². The fourth-order valence-electron chi connectivity index (χ4n) is 6.32. The Morgan fingerprint density at radius 1 is 0.676 bits per heavy atom. The van der Waals surface area contributed by atoms with E-state index in [2.05, 4.69) is 117 Å². The summed E-state index contributed by atoms with van der Waals surface area (Å²) in [6.07, 6.45) is 10.1. The molecule has 0 N–H and O–H groups in total. The van der Waals surface area contributed by atoms with Crippen LogP contribution in [0.3, 0.4) is 0 Å². The largest absolute Gasteiger partial charge is 0.497 e. The topological polar surface area (TPSA) is 18.5 Å². The van der Waals surface area contributed by atoms with Gasteiger partial charge in [0.25, 0.3) is 0 Å². The van der Waals surface area contributed by atoms with Gasteiger partial charge in [0.2, 0.25) is 0 Å². The molecular formula is C34H32O2Si. The molecule has 0 saturated carbocycles. The molecule has 0 spiro atoms. The van der Waals surface area contributed by atoms with Crippen LogP contribution in [0.2, 0.25) is 5.54 Å². The molecule has 0 aromatic heterocycles. The number of hydrogen-bond donors (Lipinski definition) is 0. The lowest BCUT2D eigenvalue weighted by Gasteiger charge is -2.40. The molecule has 4 aromatic carbocycles. The van der Waals surface area contributed by atoms with Crippen molar-refractivity contribution in [2.75, 3.05) is 14.2 Å². The monoisotopic (exact) mass is 500 g/mol. The van der Waals surface area contributed by atoms with Gasteiger partial charge in [0.05, 0.1) is 14.2 Å². The lowest BCUT2D eigenvalue weighted by Crippen LogP contribution is -2.70. The van der Waals surface area contributed by atoms with Crippen molar-refractivity contribution in [2.24, 2.45) is 0 Å². The second kappa shape index (κ2) is 9.24. The molecule has 0 fully saturated rings. The first-order chi connectivity index (χ1) is 18.1. The second-order valence-electron chi connectivity index (χ2n) is 10.2. The molecule has 2 aliphatic rings.